The SMILES string of the molecule is NC(=O)[C@]12CCC[C@H]1CN(C(=O)COc1cc(F)cc(F)c1)C2. The topological polar surface area (TPSA) is 72.6 Å². The van der Waals surface area contributed by atoms with Crippen molar-refractivity contribution in [1.82, 2.24) is 4.90 Å². The van der Waals surface area contributed by atoms with E-state index in [2.05, 4.69) is 0 Å². The van der Waals surface area contributed by atoms with E-state index in [4.69, 9.17) is 10.5 Å². The molecule has 5 nitrogen and oxygen atoms in total. The Balaban J connectivity index is 1.62. The van der Waals surface area contributed by atoms with Crippen LogP contribution in [0, 0.1) is 23.0 Å². The monoisotopic (exact) mass is 324 g/mol. The number of carbonyl (C=O) groups excluding carboxylic acids is 2. The molecule has 1 saturated carbocycles. The number of benzene rings is 1. The highest BCUT2D eigenvalue weighted by Crippen LogP contribution is 2.48. The summed E-state index contributed by atoms with van der Waals surface area (Å²) in [7, 11) is 0. The highest BCUT2D eigenvalue weighted by molar-refractivity contribution is 5.85. The fourth-order valence-electron chi connectivity index (χ4n) is 3.73. The summed E-state index contributed by atoms with van der Waals surface area (Å²) >= 11 is 0. The van der Waals surface area contributed by atoms with Crippen LogP contribution in [0.5, 0.6) is 5.75 Å². The van der Waals surface area contributed by atoms with Crippen LogP contribution in [-0.4, -0.2) is 36.4 Å². The predicted molar refractivity (Wildman–Crippen MR) is 77.4 cm³/mol. The number of hydrogen-bond donors (Lipinski definition) is 1. The largest absolute Gasteiger partial charge is 0.484 e. The van der Waals surface area contributed by atoms with Crippen molar-refractivity contribution in [2.75, 3.05) is 19.7 Å². The van der Waals surface area contributed by atoms with Crippen LogP contribution in [0.3, 0.4) is 0 Å². The van der Waals surface area contributed by atoms with Crippen molar-refractivity contribution in [3.05, 3.63) is 29.8 Å². The van der Waals surface area contributed by atoms with Crippen molar-refractivity contribution in [2.45, 2.75) is 19.3 Å². The van der Waals surface area contributed by atoms with Crippen LogP contribution in [0.15, 0.2) is 18.2 Å². The Morgan fingerprint density at radius 3 is 2.61 bits per heavy atom. The molecular weight excluding hydrogens is 306 g/mol. The molecule has 0 bridgehead atoms. The van der Waals surface area contributed by atoms with Gasteiger partial charge >= 0.3 is 0 Å². The van der Waals surface area contributed by atoms with E-state index < -0.39 is 17.0 Å². The molecule has 7 heteroatoms. The van der Waals surface area contributed by atoms with E-state index in [1.54, 1.807) is 4.90 Å². The van der Waals surface area contributed by atoms with Crippen molar-refractivity contribution >= 4 is 11.8 Å². The van der Waals surface area contributed by atoms with E-state index in [1.165, 1.54) is 0 Å². The Labute approximate surface area is 132 Å². The third-order valence-corrected chi connectivity index (χ3v) is 4.91. The fourth-order valence-corrected chi connectivity index (χ4v) is 3.73. The summed E-state index contributed by atoms with van der Waals surface area (Å²) in [5.41, 5.74) is 4.92. The quantitative estimate of drug-likeness (QED) is 0.911. The van der Waals surface area contributed by atoms with Crippen molar-refractivity contribution < 1.29 is 23.1 Å². The minimum Gasteiger partial charge on any atom is -0.484 e. The zero-order valence-corrected chi connectivity index (χ0v) is 12.6. The van der Waals surface area contributed by atoms with Crippen LogP contribution < -0.4 is 10.5 Å². The van der Waals surface area contributed by atoms with Gasteiger partial charge in [0, 0.05) is 31.3 Å². The van der Waals surface area contributed by atoms with Gasteiger partial charge < -0.3 is 15.4 Å². The number of likely N-dealkylation sites (tertiary alicyclic amines) is 1. The van der Waals surface area contributed by atoms with Gasteiger partial charge in [-0.2, -0.15) is 0 Å². The van der Waals surface area contributed by atoms with Crippen LogP contribution in [0.4, 0.5) is 8.78 Å². The summed E-state index contributed by atoms with van der Waals surface area (Å²) in [5, 5.41) is 0. The first-order valence-electron chi connectivity index (χ1n) is 7.57. The maximum atomic E-state index is 13.1. The Morgan fingerprint density at radius 1 is 1.30 bits per heavy atom. The molecular formula is C16H18F2N2O3. The lowest BCUT2D eigenvalue weighted by Gasteiger charge is -2.24. The van der Waals surface area contributed by atoms with Crippen LogP contribution in [-0.2, 0) is 9.59 Å². The van der Waals surface area contributed by atoms with E-state index >= 15 is 0 Å². The molecule has 2 atom stereocenters. The summed E-state index contributed by atoms with van der Waals surface area (Å²) in [5.74, 6) is -2.16. The Morgan fingerprint density at radius 2 is 2.00 bits per heavy atom. The number of amides is 2. The zero-order valence-electron chi connectivity index (χ0n) is 12.6. The van der Waals surface area contributed by atoms with Gasteiger partial charge in [-0.1, -0.05) is 6.42 Å². The molecule has 1 saturated heterocycles. The van der Waals surface area contributed by atoms with Crippen LogP contribution in [0.2, 0.25) is 0 Å². The molecule has 2 aliphatic rings. The van der Waals surface area contributed by atoms with Crippen LogP contribution >= 0.6 is 0 Å². The third-order valence-electron chi connectivity index (χ3n) is 4.91. The molecule has 2 fully saturated rings. The summed E-state index contributed by atoms with van der Waals surface area (Å²) in [6, 6.07) is 2.76. The van der Waals surface area contributed by atoms with Crippen molar-refractivity contribution in [2.24, 2.45) is 17.1 Å². The van der Waals surface area contributed by atoms with Gasteiger partial charge in [0.15, 0.2) is 6.61 Å². The summed E-state index contributed by atoms with van der Waals surface area (Å²) in [4.78, 5) is 25.6. The second-order valence-corrected chi connectivity index (χ2v) is 6.28. The van der Waals surface area contributed by atoms with Crippen molar-refractivity contribution in [1.29, 1.82) is 0 Å². The van der Waals surface area contributed by atoms with Gasteiger partial charge in [0.1, 0.15) is 17.4 Å². The molecule has 1 aromatic carbocycles. The molecule has 124 valence electrons. The zero-order chi connectivity index (χ0) is 16.6. The summed E-state index contributed by atoms with van der Waals surface area (Å²) < 4.78 is 31.3. The highest BCUT2D eigenvalue weighted by Gasteiger charge is 2.54. The average molecular weight is 324 g/mol. The minimum absolute atomic E-state index is 0.0418. The molecule has 1 aliphatic carbocycles. The number of primary amides is 1. The normalized spacial score (nSPS) is 26.2. The maximum Gasteiger partial charge on any atom is 0.260 e. The van der Waals surface area contributed by atoms with E-state index in [-0.39, 0.29) is 30.1 Å². The number of halogens is 2. The van der Waals surface area contributed by atoms with Gasteiger partial charge in [-0.25, -0.2) is 8.78 Å². The maximum absolute atomic E-state index is 13.1. The van der Waals surface area contributed by atoms with Gasteiger partial charge in [-0.05, 0) is 18.8 Å². The highest BCUT2D eigenvalue weighted by atomic mass is 19.1. The molecule has 0 spiro atoms. The number of hydrogen-bond acceptors (Lipinski definition) is 3. The number of carbonyl (C=O) groups is 2. The Bertz CT molecular complexity index is 632. The number of nitrogens with zero attached hydrogens (tertiary/aromatic N) is 1. The summed E-state index contributed by atoms with van der Waals surface area (Å²) in [6.07, 6.45) is 2.52. The van der Waals surface area contributed by atoms with Crippen molar-refractivity contribution in [3.63, 3.8) is 0 Å². The number of rotatable bonds is 4. The molecule has 1 aliphatic heterocycles. The first-order chi connectivity index (χ1) is 10.9. The molecule has 3 rings (SSSR count). The van der Waals surface area contributed by atoms with Gasteiger partial charge in [0.2, 0.25) is 5.91 Å². The minimum atomic E-state index is -0.768. The first-order valence-corrected chi connectivity index (χ1v) is 7.57. The first kappa shape index (κ1) is 15.7. The number of ether oxygens (including phenoxy) is 1. The summed E-state index contributed by atoms with van der Waals surface area (Å²) in [6.45, 7) is 0.444. The average Bonchev–Trinajstić information content (AvgIpc) is 3.01. The second-order valence-electron chi connectivity index (χ2n) is 6.28. The molecule has 0 unspecified atom stereocenters. The lowest BCUT2D eigenvalue weighted by Crippen LogP contribution is -2.42. The number of nitrogens with two attached hydrogens (primary N) is 1. The van der Waals surface area contributed by atoms with E-state index in [1.807, 2.05) is 0 Å². The Kier molecular flexibility index (Phi) is 3.95. The predicted octanol–water partition coefficient (Wildman–Crippen LogP) is 1.46. The van der Waals surface area contributed by atoms with Crippen LogP contribution in [0.25, 0.3) is 0 Å². The van der Waals surface area contributed by atoms with Crippen molar-refractivity contribution in [3.8, 4) is 5.75 Å². The lowest BCUT2D eigenvalue weighted by atomic mass is 9.80. The standard InChI is InChI=1S/C16H18F2N2O3/c17-11-4-12(18)6-13(5-11)23-8-14(21)20-7-10-2-1-3-16(10,9-20)15(19)22/h4-6,10H,1-3,7-9H2,(H2,19,22)/t10-,16-/m0/s1. The van der Waals surface area contributed by atoms with E-state index in [9.17, 15) is 18.4 Å². The smallest absolute Gasteiger partial charge is 0.260 e. The molecule has 1 aromatic rings. The van der Waals surface area contributed by atoms with Gasteiger partial charge in [0.25, 0.3) is 5.91 Å². The number of fused-ring (bicyclic) bond motifs is 1. The van der Waals surface area contributed by atoms with Crippen LogP contribution in [0.1, 0.15) is 19.3 Å². The molecule has 0 radical (unpaired) electrons. The molecule has 2 N–H and O–H groups in total. The molecule has 2 amide bonds. The van der Waals surface area contributed by atoms with E-state index in [0.717, 1.165) is 31.0 Å². The Hall–Kier alpha value is -2.18. The van der Waals surface area contributed by atoms with E-state index in [0.29, 0.717) is 19.5 Å². The second kappa shape index (κ2) is 5.79. The molecule has 1 heterocycles. The fraction of sp³-hybridized carbons (Fsp3) is 0.500. The third kappa shape index (κ3) is 2.87. The molecule has 23 heavy (non-hydrogen) atoms. The van der Waals surface area contributed by atoms with Gasteiger partial charge in [-0.3, -0.25) is 9.59 Å². The molecule has 0 aromatic heterocycles. The lowest BCUT2D eigenvalue weighted by molar-refractivity contribution is -0.133. The van der Waals surface area contributed by atoms with Gasteiger partial charge in [-0.15, -0.1) is 0 Å². The van der Waals surface area contributed by atoms with Gasteiger partial charge in [0.05, 0.1) is 5.41 Å².